The zero-order valence-electron chi connectivity index (χ0n) is 12.9. The number of nitrogens with zero attached hydrogens (tertiary/aromatic N) is 1. The van der Waals surface area contributed by atoms with Gasteiger partial charge in [0.05, 0.1) is 5.69 Å². The molecule has 1 aliphatic rings. The van der Waals surface area contributed by atoms with Gasteiger partial charge in [0, 0.05) is 25.2 Å². The summed E-state index contributed by atoms with van der Waals surface area (Å²) in [6, 6.07) is 4.85. The quantitative estimate of drug-likeness (QED) is 0.778. The maximum absolute atomic E-state index is 12.0. The summed E-state index contributed by atoms with van der Waals surface area (Å²) >= 11 is 0. The third-order valence-corrected chi connectivity index (χ3v) is 3.62. The lowest BCUT2D eigenvalue weighted by atomic mass is 10.1. The first-order valence-electron chi connectivity index (χ1n) is 7.70. The van der Waals surface area contributed by atoms with E-state index in [-0.39, 0.29) is 18.4 Å². The van der Waals surface area contributed by atoms with Gasteiger partial charge in [-0.05, 0) is 37.5 Å². The maximum Gasteiger partial charge on any atom is 0.260 e. The zero-order chi connectivity index (χ0) is 15.9. The fourth-order valence-electron chi connectivity index (χ4n) is 2.34. The molecule has 0 spiro atoms. The highest BCUT2D eigenvalue weighted by Crippen LogP contribution is 2.23. The minimum Gasteiger partial charge on any atom is -0.482 e. The van der Waals surface area contributed by atoms with Crippen LogP contribution in [0.15, 0.2) is 18.2 Å². The van der Waals surface area contributed by atoms with Gasteiger partial charge in [-0.1, -0.05) is 6.92 Å². The van der Waals surface area contributed by atoms with Gasteiger partial charge in [-0.2, -0.15) is 0 Å². The minimum atomic E-state index is -0.169. The Balaban J connectivity index is 1.97. The lowest BCUT2D eigenvalue weighted by Gasteiger charge is -2.16. The number of amides is 2. The van der Waals surface area contributed by atoms with Crippen LogP contribution in [0.2, 0.25) is 0 Å². The monoisotopic (exact) mass is 305 g/mol. The number of anilines is 1. The summed E-state index contributed by atoms with van der Waals surface area (Å²) < 4.78 is 5.51. The predicted molar refractivity (Wildman–Crippen MR) is 84.8 cm³/mol. The van der Waals surface area contributed by atoms with E-state index in [0.717, 1.165) is 32.4 Å². The Morgan fingerprint density at radius 1 is 1.32 bits per heavy atom. The Morgan fingerprint density at radius 3 is 2.73 bits per heavy atom. The molecule has 6 heteroatoms. The molecule has 0 radical (unpaired) electrons. The van der Waals surface area contributed by atoms with Crippen LogP contribution in [0.25, 0.3) is 0 Å². The molecule has 0 saturated carbocycles. The molecule has 1 aromatic carbocycles. The summed E-state index contributed by atoms with van der Waals surface area (Å²) in [4.78, 5) is 25.7. The number of rotatable bonds is 6. The van der Waals surface area contributed by atoms with E-state index in [1.165, 1.54) is 0 Å². The van der Waals surface area contributed by atoms with Gasteiger partial charge in [0.15, 0.2) is 6.61 Å². The zero-order valence-corrected chi connectivity index (χ0v) is 12.9. The van der Waals surface area contributed by atoms with Crippen molar-refractivity contribution in [1.82, 2.24) is 10.2 Å². The van der Waals surface area contributed by atoms with Crippen LogP contribution in [0, 0.1) is 0 Å². The number of hydrogen-bond acceptors (Lipinski definition) is 4. The Bertz CT molecular complexity index is 539. The number of nitrogen functional groups attached to an aromatic ring is 1. The van der Waals surface area contributed by atoms with Crippen LogP contribution < -0.4 is 15.8 Å². The summed E-state index contributed by atoms with van der Waals surface area (Å²) in [6.07, 6.45) is 2.95. The van der Waals surface area contributed by atoms with E-state index >= 15 is 0 Å². The first-order chi connectivity index (χ1) is 10.6. The second-order valence-electron chi connectivity index (χ2n) is 5.39. The number of carbonyl (C=O) groups excluding carboxylic acids is 2. The van der Waals surface area contributed by atoms with Crippen molar-refractivity contribution in [3.05, 3.63) is 23.8 Å². The predicted octanol–water partition coefficient (Wildman–Crippen LogP) is 1.41. The molecule has 0 atom stereocenters. The molecule has 1 aromatic rings. The first-order valence-corrected chi connectivity index (χ1v) is 7.70. The molecule has 2 amide bonds. The Hall–Kier alpha value is -2.24. The van der Waals surface area contributed by atoms with Gasteiger partial charge < -0.3 is 20.7 Å². The molecule has 3 N–H and O–H groups in total. The number of hydrogen-bond donors (Lipinski definition) is 2. The summed E-state index contributed by atoms with van der Waals surface area (Å²) in [5.74, 6) is 0.159. The second-order valence-corrected chi connectivity index (χ2v) is 5.39. The molecule has 0 bridgehead atoms. The molecular formula is C16H23N3O3. The fraction of sp³-hybridized carbons (Fsp3) is 0.500. The molecule has 2 rings (SSSR count). The number of benzene rings is 1. The summed E-state index contributed by atoms with van der Waals surface area (Å²) in [5, 5.41) is 2.79. The van der Waals surface area contributed by atoms with Gasteiger partial charge in [0.1, 0.15) is 5.75 Å². The van der Waals surface area contributed by atoms with Crippen molar-refractivity contribution in [1.29, 1.82) is 0 Å². The van der Waals surface area contributed by atoms with Crippen molar-refractivity contribution < 1.29 is 14.3 Å². The smallest absolute Gasteiger partial charge is 0.260 e. The molecule has 1 heterocycles. The van der Waals surface area contributed by atoms with Crippen LogP contribution in [0.5, 0.6) is 5.75 Å². The normalized spacial score (nSPS) is 14.0. The highest BCUT2D eigenvalue weighted by atomic mass is 16.5. The summed E-state index contributed by atoms with van der Waals surface area (Å²) in [5.41, 5.74) is 6.74. The Morgan fingerprint density at radius 2 is 2.05 bits per heavy atom. The van der Waals surface area contributed by atoms with E-state index in [4.69, 9.17) is 10.5 Å². The summed E-state index contributed by atoms with van der Waals surface area (Å²) in [7, 11) is 0. The van der Waals surface area contributed by atoms with Crippen LogP contribution in [0.1, 0.15) is 36.5 Å². The lowest BCUT2D eigenvalue weighted by Crippen LogP contribution is -2.32. The molecule has 0 unspecified atom stereocenters. The molecule has 1 saturated heterocycles. The van der Waals surface area contributed by atoms with E-state index in [0.29, 0.717) is 23.5 Å². The van der Waals surface area contributed by atoms with E-state index in [9.17, 15) is 9.59 Å². The number of ether oxygens (including phenoxy) is 1. The van der Waals surface area contributed by atoms with Crippen LogP contribution in [0.3, 0.4) is 0 Å². The topological polar surface area (TPSA) is 84.7 Å². The van der Waals surface area contributed by atoms with Gasteiger partial charge in [-0.15, -0.1) is 0 Å². The number of likely N-dealkylation sites (tertiary alicyclic amines) is 1. The molecular weight excluding hydrogens is 282 g/mol. The third kappa shape index (κ3) is 4.13. The molecule has 1 aliphatic heterocycles. The van der Waals surface area contributed by atoms with Crippen LogP contribution in [-0.2, 0) is 4.79 Å². The van der Waals surface area contributed by atoms with Gasteiger partial charge in [-0.25, -0.2) is 0 Å². The van der Waals surface area contributed by atoms with E-state index in [1.807, 2.05) is 6.92 Å². The fourth-order valence-corrected chi connectivity index (χ4v) is 2.34. The van der Waals surface area contributed by atoms with Crippen LogP contribution in [0.4, 0.5) is 5.69 Å². The highest BCUT2D eigenvalue weighted by molar-refractivity contribution is 5.95. The molecule has 1 fully saturated rings. The molecule has 0 aliphatic carbocycles. The minimum absolute atomic E-state index is 0.0438. The van der Waals surface area contributed by atoms with Crippen LogP contribution in [-0.4, -0.2) is 43.0 Å². The lowest BCUT2D eigenvalue weighted by molar-refractivity contribution is -0.132. The van der Waals surface area contributed by atoms with Crippen molar-refractivity contribution in [3.63, 3.8) is 0 Å². The SMILES string of the molecule is CCCNC(=O)c1ccc(N)c(OCC(=O)N2CCCC2)c1. The Kier molecular flexibility index (Phi) is 5.63. The largest absolute Gasteiger partial charge is 0.482 e. The van der Waals surface area contributed by atoms with Crippen molar-refractivity contribution in [2.45, 2.75) is 26.2 Å². The van der Waals surface area contributed by atoms with Crippen molar-refractivity contribution in [3.8, 4) is 5.75 Å². The molecule has 0 aromatic heterocycles. The van der Waals surface area contributed by atoms with E-state index in [1.54, 1.807) is 23.1 Å². The first kappa shape index (κ1) is 16.1. The van der Waals surface area contributed by atoms with Gasteiger partial charge in [0.25, 0.3) is 11.8 Å². The average molecular weight is 305 g/mol. The summed E-state index contributed by atoms with van der Waals surface area (Å²) in [6.45, 7) is 4.13. The van der Waals surface area contributed by atoms with E-state index < -0.39 is 0 Å². The van der Waals surface area contributed by atoms with Crippen molar-refractivity contribution in [2.75, 3.05) is 32.0 Å². The third-order valence-electron chi connectivity index (χ3n) is 3.62. The number of nitrogens with one attached hydrogen (secondary N) is 1. The molecule has 22 heavy (non-hydrogen) atoms. The van der Waals surface area contributed by atoms with Gasteiger partial charge >= 0.3 is 0 Å². The molecule has 120 valence electrons. The molecule has 6 nitrogen and oxygen atoms in total. The van der Waals surface area contributed by atoms with E-state index in [2.05, 4.69) is 5.32 Å². The second kappa shape index (κ2) is 7.68. The number of carbonyl (C=O) groups is 2. The standard InChI is InChI=1S/C16H23N3O3/c1-2-7-18-16(21)12-5-6-13(17)14(10-12)22-11-15(20)19-8-3-4-9-19/h5-6,10H,2-4,7-9,11,17H2,1H3,(H,18,21). The van der Waals surface area contributed by atoms with Gasteiger partial charge in [-0.3, -0.25) is 9.59 Å². The van der Waals surface area contributed by atoms with Crippen molar-refractivity contribution in [2.24, 2.45) is 0 Å². The van der Waals surface area contributed by atoms with Crippen molar-refractivity contribution >= 4 is 17.5 Å². The maximum atomic E-state index is 12.0. The highest BCUT2D eigenvalue weighted by Gasteiger charge is 2.18. The van der Waals surface area contributed by atoms with Crippen LogP contribution >= 0.6 is 0 Å². The Labute approximate surface area is 130 Å². The van der Waals surface area contributed by atoms with Gasteiger partial charge in [0.2, 0.25) is 0 Å². The average Bonchev–Trinajstić information content (AvgIpc) is 3.06. The number of nitrogens with two attached hydrogens (primary N) is 1.